The smallest absolute Gasteiger partial charge is 0.335 e. The summed E-state index contributed by atoms with van der Waals surface area (Å²) in [6.45, 7) is 14.3. The van der Waals surface area contributed by atoms with E-state index >= 15 is 0 Å². The minimum Gasteiger partial charge on any atom is -0.462 e. The van der Waals surface area contributed by atoms with Gasteiger partial charge >= 0.3 is 11.9 Å². The van der Waals surface area contributed by atoms with Gasteiger partial charge in [0.2, 0.25) is 0 Å². The summed E-state index contributed by atoms with van der Waals surface area (Å²) in [5.74, 6) is -0.819. The van der Waals surface area contributed by atoms with Crippen molar-refractivity contribution in [2.45, 2.75) is 137 Å². The van der Waals surface area contributed by atoms with E-state index in [-0.39, 0.29) is 11.5 Å². The summed E-state index contributed by atoms with van der Waals surface area (Å²) < 4.78 is 9.41. The van der Waals surface area contributed by atoms with Gasteiger partial charge in [0.15, 0.2) is 6.29 Å². The SMILES string of the molecule is C=C(C)C(=O)OC(C)O.C=C(C)C(=O)OCCCCCCCCCCCCCCCCCC. The maximum Gasteiger partial charge on any atom is 0.335 e. The molecule has 0 aliphatic carbocycles. The van der Waals surface area contributed by atoms with Crippen LogP contribution in [-0.2, 0) is 19.1 Å². The van der Waals surface area contributed by atoms with Crippen LogP contribution in [0.2, 0.25) is 0 Å². The number of unbranched alkanes of at least 4 members (excludes halogenated alkanes) is 15. The molecular formula is C28H52O5. The standard InChI is InChI=1S/C22H42O2.C6H10O3/c1-4-5-6-7-8-9-10-11-12-13-14-15-16-17-18-19-20-24-22(23)21(2)3;1-4(2)6(8)9-5(3)7/h2,4-20H2,1,3H3;5,7H,1H2,2-3H3. The fourth-order valence-electron chi connectivity index (χ4n) is 3.19. The summed E-state index contributed by atoms with van der Waals surface area (Å²) in [6.07, 6.45) is 20.7. The van der Waals surface area contributed by atoms with Crippen LogP contribution in [0.25, 0.3) is 0 Å². The van der Waals surface area contributed by atoms with Gasteiger partial charge in [-0.15, -0.1) is 0 Å². The maximum atomic E-state index is 11.2. The number of ether oxygens (including phenoxy) is 2. The van der Waals surface area contributed by atoms with E-state index in [1.165, 1.54) is 110 Å². The van der Waals surface area contributed by atoms with E-state index < -0.39 is 12.3 Å². The van der Waals surface area contributed by atoms with Gasteiger partial charge in [0, 0.05) is 11.1 Å². The lowest BCUT2D eigenvalue weighted by molar-refractivity contribution is -0.159. The third kappa shape index (κ3) is 28.3. The first-order valence-electron chi connectivity index (χ1n) is 13.1. The molecule has 0 spiro atoms. The zero-order valence-electron chi connectivity index (χ0n) is 22.1. The molecule has 0 heterocycles. The summed E-state index contributed by atoms with van der Waals surface area (Å²) in [5.41, 5.74) is 0.780. The fourth-order valence-corrected chi connectivity index (χ4v) is 3.19. The van der Waals surface area contributed by atoms with Crippen LogP contribution in [0.5, 0.6) is 0 Å². The first kappa shape index (κ1) is 33.6. The third-order valence-corrected chi connectivity index (χ3v) is 5.21. The second-order valence-corrected chi connectivity index (χ2v) is 9.00. The molecule has 0 bridgehead atoms. The van der Waals surface area contributed by atoms with Crippen LogP contribution in [0.15, 0.2) is 24.3 Å². The summed E-state index contributed by atoms with van der Waals surface area (Å²) >= 11 is 0. The molecule has 5 heteroatoms. The second-order valence-electron chi connectivity index (χ2n) is 9.00. The van der Waals surface area contributed by atoms with Crippen LogP contribution in [0.4, 0.5) is 0 Å². The van der Waals surface area contributed by atoms with Crippen molar-refractivity contribution in [3.63, 3.8) is 0 Å². The van der Waals surface area contributed by atoms with Crippen molar-refractivity contribution in [1.29, 1.82) is 0 Å². The summed E-state index contributed by atoms with van der Waals surface area (Å²) in [6, 6.07) is 0. The number of aliphatic hydroxyl groups is 1. The molecule has 0 saturated heterocycles. The van der Waals surface area contributed by atoms with Crippen LogP contribution >= 0.6 is 0 Å². The molecule has 0 aromatic heterocycles. The molecule has 0 saturated carbocycles. The molecule has 1 unspecified atom stereocenters. The normalized spacial score (nSPS) is 11.2. The van der Waals surface area contributed by atoms with E-state index in [4.69, 9.17) is 9.84 Å². The molecular weight excluding hydrogens is 416 g/mol. The topological polar surface area (TPSA) is 72.8 Å². The van der Waals surface area contributed by atoms with Gasteiger partial charge in [-0.1, -0.05) is 116 Å². The highest BCUT2D eigenvalue weighted by atomic mass is 16.6. The Bertz CT molecular complexity index is 510. The van der Waals surface area contributed by atoms with Gasteiger partial charge in [-0.2, -0.15) is 0 Å². The average Bonchev–Trinajstić information content (AvgIpc) is 2.75. The van der Waals surface area contributed by atoms with Crippen LogP contribution in [-0.4, -0.2) is 29.9 Å². The predicted octanol–water partition coefficient (Wildman–Crippen LogP) is 7.81. The van der Waals surface area contributed by atoms with Crippen molar-refractivity contribution in [2.75, 3.05) is 6.61 Å². The lowest BCUT2D eigenvalue weighted by Crippen LogP contribution is -2.13. The Hall–Kier alpha value is -1.62. The van der Waals surface area contributed by atoms with E-state index in [2.05, 4.69) is 24.8 Å². The van der Waals surface area contributed by atoms with Gasteiger partial charge in [-0.25, -0.2) is 9.59 Å². The van der Waals surface area contributed by atoms with Crippen LogP contribution in [0.3, 0.4) is 0 Å². The van der Waals surface area contributed by atoms with Gasteiger partial charge < -0.3 is 14.6 Å². The van der Waals surface area contributed by atoms with E-state index in [0.717, 1.165) is 6.42 Å². The number of aliphatic hydroxyl groups excluding tert-OH is 1. The minimum atomic E-state index is -1.05. The molecule has 0 aliphatic heterocycles. The summed E-state index contributed by atoms with van der Waals surface area (Å²) in [7, 11) is 0. The Morgan fingerprint density at radius 1 is 0.667 bits per heavy atom. The number of carbonyl (C=O) groups is 2. The number of rotatable bonds is 20. The van der Waals surface area contributed by atoms with Gasteiger partial charge in [0.1, 0.15) is 0 Å². The highest BCUT2D eigenvalue weighted by Gasteiger charge is 2.05. The number of hydrogen-bond acceptors (Lipinski definition) is 5. The highest BCUT2D eigenvalue weighted by molar-refractivity contribution is 5.87. The molecule has 1 atom stereocenters. The molecule has 194 valence electrons. The van der Waals surface area contributed by atoms with Gasteiger partial charge in [-0.3, -0.25) is 0 Å². The largest absolute Gasteiger partial charge is 0.462 e. The molecule has 0 aromatic carbocycles. The van der Waals surface area contributed by atoms with Crippen molar-refractivity contribution in [1.82, 2.24) is 0 Å². The van der Waals surface area contributed by atoms with Gasteiger partial charge in [-0.05, 0) is 27.2 Å². The molecule has 0 rings (SSSR count). The Labute approximate surface area is 204 Å². The Balaban J connectivity index is 0. The quantitative estimate of drug-likeness (QED) is 0.0853. The molecule has 33 heavy (non-hydrogen) atoms. The molecule has 0 aliphatic rings. The van der Waals surface area contributed by atoms with E-state index in [9.17, 15) is 9.59 Å². The van der Waals surface area contributed by atoms with E-state index in [1.807, 2.05) is 0 Å². The number of hydrogen-bond donors (Lipinski definition) is 1. The Kier molecular flexibility index (Phi) is 25.4. The maximum absolute atomic E-state index is 11.2. The Morgan fingerprint density at radius 2 is 1.00 bits per heavy atom. The van der Waals surface area contributed by atoms with Gasteiger partial charge in [0.25, 0.3) is 0 Å². The third-order valence-electron chi connectivity index (χ3n) is 5.21. The summed E-state index contributed by atoms with van der Waals surface area (Å²) in [4.78, 5) is 21.7. The molecule has 0 amide bonds. The first-order chi connectivity index (χ1) is 15.7. The van der Waals surface area contributed by atoms with Gasteiger partial charge in [0.05, 0.1) is 6.61 Å². The second kappa shape index (κ2) is 25.0. The number of carbonyl (C=O) groups excluding carboxylic acids is 2. The van der Waals surface area contributed by atoms with Crippen molar-refractivity contribution >= 4 is 11.9 Å². The van der Waals surface area contributed by atoms with Crippen LogP contribution in [0.1, 0.15) is 130 Å². The zero-order valence-corrected chi connectivity index (χ0v) is 22.1. The van der Waals surface area contributed by atoms with Crippen molar-refractivity contribution in [3.05, 3.63) is 24.3 Å². The first-order valence-corrected chi connectivity index (χ1v) is 13.1. The average molecular weight is 469 g/mol. The Morgan fingerprint density at radius 3 is 1.27 bits per heavy atom. The molecule has 0 radical (unpaired) electrons. The van der Waals surface area contributed by atoms with Crippen molar-refractivity contribution in [3.8, 4) is 0 Å². The van der Waals surface area contributed by atoms with Crippen molar-refractivity contribution in [2.24, 2.45) is 0 Å². The minimum absolute atomic E-state index is 0.254. The van der Waals surface area contributed by atoms with E-state index in [1.54, 1.807) is 6.92 Å². The highest BCUT2D eigenvalue weighted by Crippen LogP contribution is 2.13. The lowest BCUT2D eigenvalue weighted by atomic mass is 10.0. The summed E-state index contributed by atoms with van der Waals surface area (Å²) in [5, 5.41) is 8.49. The van der Waals surface area contributed by atoms with Crippen molar-refractivity contribution < 1.29 is 24.2 Å². The zero-order chi connectivity index (χ0) is 25.3. The molecule has 0 aromatic rings. The number of esters is 2. The fraction of sp³-hybridized carbons (Fsp3) is 0.786. The molecule has 5 nitrogen and oxygen atoms in total. The predicted molar refractivity (Wildman–Crippen MR) is 138 cm³/mol. The molecule has 0 fully saturated rings. The van der Waals surface area contributed by atoms with E-state index in [0.29, 0.717) is 12.2 Å². The van der Waals surface area contributed by atoms with Crippen LogP contribution < -0.4 is 0 Å². The lowest BCUT2D eigenvalue weighted by Gasteiger charge is -2.05. The van der Waals surface area contributed by atoms with Crippen LogP contribution in [0, 0.1) is 0 Å². The molecule has 1 N–H and O–H groups in total. The monoisotopic (exact) mass is 468 g/mol.